The van der Waals surface area contributed by atoms with Crippen LogP contribution in [0.4, 0.5) is 0 Å². The van der Waals surface area contributed by atoms with Crippen LogP contribution in [0.2, 0.25) is 0 Å². The first kappa shape index (κ1) is 21.1. The number of imidazole rings is 1. The first-order valence-electron chi connectivity index (χ1n) is 10.5. The van der Waals surface area contributed by atoms with Crippen LogP contribution >= 0.6 is 0 Å². The quantitative estimate of drug-likeness (QED) is 0.212. The number of aromatic nitrogens is 2. The summed E-state index contributed by atoms with van der Waals surface area (Å²) in [5.74, 6) is 1.16. The summed E-state index contributed by atoms with van der Waals surface area (Å²) in [4.78, 5) is 20.1. The van der Waals surface area contributed by atoms with Gasteiger partial charge in [0, 0.05) is 5.56 Å². The van der Waals surface area contributed by atoms with Gasteiger partial charge in [-0.1, -0.05) is 25.5 Å². The number of nitrogens with zero attached hydrogens (tertiary/aromatic N) is 2. The Hall–Kier alpha value is -4.13. The van der Waals surface area contributed by atoms with Crippen molar-refractivity contribution in [2.75, 3.05) is 6.61 Å². The molecule has 0 radical (unpaired) electrons. The minimum atomic E-state index is -0.332. The van der Waals surface area contributed by atoms with Crippen LogP contribution in [-0.2, 0) is 0 Å². The number of carbonyl (C=O) groups excluding carboxylic acids is 1. The average molecular weight is 428 g/mol. The second-order valence-electron chi connectivity index (χ2n) is 7.30. The molecule has 1 aromatic heterocycles. The molecule has 162 valence electrons. The monoisotopic (exact) mass is 428 g/mol. The van der Waals surface area contributed by atoms with Crippen LogP contribution in [0.1, 0.15) is 35.7 Å². The fourth-order valence-electron chi connectivity index (χ4n) is 3.17. The minimum absolute atomic E-state index is 0.138. The molecule has 1 heterocycles. The number of fused-ring (bicyclic) bond motifs is 1. The molecule has 4 aromatic rings. The minimum Gasteiger partial charge on any atom is -0.507 e. The number of hydrogen-bond acceptors (Lipinski definition) is 5. The highest BCUT2D eigenvalue weighted by atomic mass is 16.5. The van der Waals surface area contributed by atoms with Crippen LogP contribution in [0.25, 0.3) is 22.4 Å². The van der Waals surface area contributed by atoms with Crippen molar-refractivity contribution in [2.45, 2.75) is 19.8 Å². The van der Waals surface area contributed by atoms with E-state index in [1.54, 1.807) is 42.6 Å². The Morgan fingerprint density at radius 2 is 1.97 bits per heavy atom. The fourth-order valence-corrected chi connectivity index (χ4v) is 3.17. The number of rotatable bonds is 8. The van der Waals surface area contributed by atoms with Crippen molar-refractivity contribution in [1.82, 2.24) is 15.4 Å². The van der Waals surface area contributed by atoms with Crippen LogP contribution in [0.15, 0.2) is 71.8 Å². The third-order valence-corrected chi connectivity index (χ3v) is 4.93. The lowest BCUT2D eigenvalue weighted by molar-refractivity contribution is 0.0955. The highest BCUT2D eigenvalue weighted by Crippen LogP contribution is 2.28. The van der Waals surface area contributed by atoms with E-state index in [2.05, 4.69) is 27.4 Å². The normalized spacial score (nSPS) is 11.2. The van der Waals surface area contributed by atoms with Gasteiger partial charge in [0.25, 0.3) is 5.91 Å². The number of ether oxygens (including phenoxy) is 1. The van der Waals surface area contributed by atoms with E-state index in [1.807, 2.05) is 30.3 Å². The van der Waals surface area contributed by atoms with E-state index in [4.69, 9.17) is 4.74 Å². The highest BCUT2D eigenvalue weighted by Gasteiger charge is 2.11. The Labute approximate surface area is 185 Å². The van der Waals surface area contributed by atoms with Crippen LogP contribution in [0, 0.1) is 0 Å². The second-order valence-corrected chi connectivity index (χ2v) is 7.30. The van der Waals surface area contributed by atoms with Gasteiger partial charge in [0.1, 0.15) is 17.3 Å². The summed E-state index contributed by atoms with van der Waals surface area (Å²) in [6, 6.07) is 19.6. The maximum absolute atomic E-state index is 12.5. The summed E-state index contributed by atoms with van der Waals surface area (Å²) in [5.41, 5.74) is 5.83. The predicted octanol–water partition coefficient (Wildman–Crippen LogP) is 4.88. The number of H-pyrrole nitrogens is 1. The third-order valence-electron chi connectivity index (χ3n) is 4.93. The number of nitrogens with one attached hydrogen (secondary N) is 2. The van der Waals surface area contributed by atoms with Crippen LogP contribution in [0.5, 0.6) is 11.5 Å². The Morgan fingerprint density at radius 1 is 1.16 bits per heavy atom. The van der Waals surface area contributed by atoms with E-state index in [-0.39, 0.29) is 11.7 Å². The van der Waals surface area contributed by atoms with E-state index >= 15 is 0 Å². The van der Waals surface area contributed by atoms with E-state index in [9.17, 15) is 9.90 Å². The molecule has 7 heteroatoms. The summed E-state index contributed by atoms with van der Waals surface area (Å²) in [5, 5.41) is 14.1. The van der Waals surface area contributed by atoms with Gasteiger partial charge in [-0.15, -0.1) is 0 Å². The number of unbranched alkanes of at least 4 members (excludes halogenated alkanes) is 1. The van der Waals surface area contributed by atoms with Gasteiger partial charge in [-0.05, 0) is 66.6 Å². The van der Waals surface area contributed by atoms with Crippen molar-refractivity contribution in [1.29, 1.82) is 0 Å². The van der Waals surface area contributed by atoms with Crippen molar-refractivity contribution < 1.29 is 14.6 Å². The zero-order chi connectivity index (χ0) is 22.3. The fraction of sp³-hybridized carbons (Fsp3) is 0.160. The molecule has 3 aromatic carbocycles. The summed E-state index contributed by atoms with van der Waals surface area (Å²) >= 11 is 0. The molecule has 0 atom stereocenters. The molecular weight excluding hydrogens is 404 g/mol. The first-order chi connectivity index (χ1) is 15.6. The van der Waals surface area contributed by atoms with Crippen LogP contribution in [-0.4, -0.2) is 33.8 Å². The second kappa shape index (κ2) is 9.78. The van der Waals surface area contributed by atoms with E-state index < -0.39 is 0 Å². The first-order valence-corrected chi connectivity index (χ1v) is 10.5. The molecule has 0 saturated heterocycles. The molecule has 0 spiro atoms. The molecule has 0 unspecified atom stereocenters. The molecule has 1 amide bonds. The number of hydrogen-bond donors (Lipinski definition) is 3. The third kappa shape index (κ3) is 4.95. The maximum atomic E-state index is 12.5. The number of phenols is 1. The van der Waals surface area contributed by atoms with Gasteiger partial charge in [0.2, 0.25) is 0 Å². The summed E-state index contributed by atoms with van der Waals surface area (Å²) < 4.78 is 5.64. The van der Waals surface area contributed by atoms with Crippen LogP contribution < -0.4 is 10.2 Å². The SMILES string of the molecule is CCCCOc1ccc(/C=N/NC(=O)c2ccc3nc(-c4ccccc4O)[nH]c3c2)cc1. The van der Waals surface area contributed by atoms with E-state index in [0.29, 0.717) is 34.6 Å². The predicted molar refractivity (Wildman–Crippen MR) is 125 cm³/mol. The number of aromatic hydroxyl groups is 1. The van der Waals surface area contributed by atoms with Crippen molar-refractivity contribution in [3.05, 3.63) is 77.9 Å². The van der Waals surface area contributed by atoms with E-state index in [1.165, 1.54) is 0 Å². The van der Waals surface area contributed by atoms with E-state index in [0.717, 1.165) is 24.2 Å². The molecule has 32 heavy (non-hydrogen) atoms. The standard InChI is InChI=1S/C25H24N4O3/c1-2-3-14-32-19-11-8-17(9-12-19)16-26-29-25(31)18-10-13-21-22(15-18)28-24(27-21)20-6-4-5-7-23(20)30/h4-13,15-16,30H,2-3,14H2,1H3,(H,27,28)(H,29,31)/b26-16+. The van der Waals surface area contributed by atoms with Gasteiger partial charge in [-0.2, -0.15) is 5.10 Å². The van der Waals surface area contributed by atoms with Gasteiger partial charge in [-0.25, -0.2) is 10.4 Å². The molecule has 0 fully saturated rings. The lowest BCUT2D eigenvalue weighted by Gasteiger charge is -2.05. The number of aromatic amines is 1. The molecule has 0 saturated carbocycles. The number of benzene rings is 3. The summed E-state index contributed by atoms with van der Waals surface area (Å²) in [6.45, 7) is 2.83. The van der Waals surface area contributed by atoms with Crippen molar-refractivity contribution in [3.63, 3.8) is 0 Å². The molecule has 0 aliphatic rings. The van der Waals surface area contributed by atoms with Crippen molar-refractivity contribution in [3.8, 4) is 22.9 Å². The van der Waals surface area contributed by atoms with Crippen molar-refractivity contribution in [2.24, 2.45) is 5.10 Å². The zero-order valence-corrected chi connectivity index (χ0v) is 17.7. The number of amides is 1. The van der Waals surface area contributed by atoms with Gasteiger partial charge in [0.15, 0.2) is 0 Å². The number of carbonyl (C=O) groups is 1. The molecule has 0 aliphatic carbocycles. The average Bonchev–Trinajstić information content (AvgIpc) is 3.23. The molecule has 3 N–H and O–H groups in total. The van der Waals surface area contributed by atoms with Gasteiger partial charge >= 0.3 is 0 Å². The Balaban J connectivity index is 1.41. The summed E-state index contributed by atoms with van der Waals surface area (Å²) in [6.07, 6.45) is 3.70. The number of phenolic OH excluding ortho intramolecular Hbond substituents is 1. The van der Waals surface area contributed by atoms with Crippen molar-refractivity contribution >= 4 is 23.2 Å². The molecule has 4 rings (SSSR count). The smallest absolute Gasteiger partial charge is 0.271 e. The molecule has 7 nitrogen and oxygen atoms in total. The summed E-state index contributed by atoms with van der Waals surface area (Å²) in [7, 11) is 0. The Morgan fingerprint density at radius 3 is 2.75 bits per heavy atom. The molecular formula is C25H24N4O3. The molecule has 0 aliphatic heterocycles. The lowest BCUT2D eigenvalue weighted by Crippen LogP contribution is -2.17. The lowest BCUT2D eigenvalue weighted by atomic mass is 10.2. The Kier molecular flexibility index (Phi) is 6.46. The Bertz CT molecular complexity index is 1250. The largest absolute Gasteiger partial charge is 0.507 e. The number of para-hydroxylation sites is 1. The topological polar surface area (TPSA) is 99.6 Å². The van der Waals surface area contributed by atoms with Crippen LogP contribution in [0.3, 0.4) is 0 Å². The maximum Gasteiger partial charge on any atom is 0.271 e. The highest BCUT2D eigenvalue weighted by molar-refractivity contribution is 5.98. The van der Waals surface area contributed by atoms with Gasteiger partial charge in [-0.3, -0.25) is 4.79 Å². The van der Waals surface area contributed by atoms with Gasteiger partial charge in [0.05, 0.1) is 29.4 Å². The van der Waals surface area contributed by atoms with Gasteiger partial charge < -0.3 is 14.8 Å². The number of hydrazone groups is 1. The molecule has 0 bridgehead atoms. The zero-order valence-electron chi connectivity index (χ0n) is 17.7.